The molecule has 2 aromatic rings. The van der Waals surface area contributed by atoms with Gasteiger partial charge in [0.15, 0.2) is 0 Å². The zero-order valence-electron chi connectivity index (χ0n) is 11.8. The minimum Gasteiger partial charge on any atom is -0.495 e. The van der Waals surface area contributed by atoms with Crippen LogP contribution in [0.2, 0.25) is 0 Å². The molecule has 0 saturated heterocycles. The summed E-state index contributed by atoms with van der Waals surface area (Å²) in [6.07, 6.45) is 0.944. The second-order valence-corrected chi connectivity index (χ2v) is 4.93. The van der Waals surface area contributed by atoms with Gasteiger partial charge in [0.2, 0.25) is 0 Å². The van der Waals surface area contributed by atoms with Gasteiger partial charge in [0.25, 0.3) is 0 Å². The van der Waals surface area contributed by atoms with E-state index in [2.05, 4.69) is 17.5 Å². The van der Waals surface area contributed by atoms with Gasteiger partial charge in [-0.15, -0.1) is 0 Å². The molecule has 3 rings (SSSR count). The van der Waals surface area contributed by atoms with E-state index in [1.807, 2.05) is 30.3 Å². The summed E-state index contributed by atoms with van der Waals surface area (Å²) in [6, 6.07) is 15.7. The van der Waals surface area contributed by atoms with E-state index in [1.54, 1.807) is 13.2 Å². The number of hydrogen-bond donors (Lipinski definition) is 1. The smallest absolute Gasteiger partial charge is 0.143 e. The number of nitrogens with zero attached hydrogens (tertiary/aromatic N) is 1. The lowest BCUT2D eigenvalue weighted by Crippen LogP contribution is -2.24. The van der Waals surface area contributed by atoms with Gasteiger partial charge in [-0.2, -0.15) is 5.26 Å². The molecule has 0 aliphatic carbocycles. The molecule has 0 aromatic heterocycles. The number of nitriles is 1. The molecule has 21 heavy (non-hydrogen) atoms. The third-order valence-corrected chi connectivity index (χ3v) is 3.59. The molecule has 4 nitrogen and oxygen atoms in total. The number of benzene rings is 2. The van der Waals surface area contributed by atoms with Crippen molar-refractivity contribution in [1.29, 1.82) is 5.26 Å². The predicted octanol–water partition coefficient (Wildman–Crippen LogP) is 2.98. The van der Waals surface area contributed by atoms with Crippen LogP contribution in [0.25, 0.3) is 0 Å². The molecular formula is C17H16N2O2. The summed E-state index contributed by atoms with van der Waals surface area (Å²) in [5.41, 5.74) is 2.52. The van der Waals surface area contributed by atoms with Gasteiger partial charge in [-0.3, -0.25) is 0 Å². The van der Waals surface area contributed by atoms with E-state index in [9.17, 15) is 5.26 Å². The molecule has 1 aliphatic heterocycles. The second kappa shape index (κ2) is 5.76. The quantitative estimate of drug-likeness (QED) is 0.935. The third-order valence-electron chi connectivity index (χ3n) is 3.59. The van der Waals surface area contributed by atoms with Crippen LogP contribution in [-0.2, 0) is 6.42 Å². The minimum absolute atomic E-state index is 0.0684. The van der Waals surface area contributed by atoms with E-state index in [0.29, 0.717) is 17.9 Å². The fourth-order valence-corrected chi connectivity index (χ4v) is 2.56. The lowest BCUT2D eigenvalue weighted by Gasteiger charge is -2.16. The van der Waals surface area contributed by atoms with Crippen LogP contribution >= 0.6 is 0 Å². The van der Waals surface area contributed by atoms with Gasteiger partial charge in [0, 0.05) is 6.42 Å². The summed E-state index contributed by atoms with van der Waals surface area (Å²) in [6.45, 7) is 0.629. The molecule has 0 amide bonds. The van der Waals surface area contributed by atoms with Crippen molar-refractivity contribution in [2.75, 3.05) is 19.0 Å². The molecular weight excluding hydrogens is 264 g/mol. The minimum atomic E-state index is 0.0684. The molecule has 0 spiro atoms. The maximum absolute atomic E-state index is 9.20. The van der Waals surface area contributed by atoms with Gasteiger partial charge in [-0.25, -0.2) is 0 Å². The van der Waals surface area contributed by atoms with Crippen LogP contribution in [0.4, 0.5) is 5.69 Å². The Morgan fingerprint density at radius 3 is 2.90 bits per heavy atom. The van der Waals surface area contributed by atoms with E-state index in [1.165, 1.54) is 5.56 Å². The molecule has 1 N–H and O–H groups in total. The van der Waals surface area contributed by atoms with Crippen molar-refractivity contribution in [2.24, 2.45) is 0 Å². The Labute approximate surface area is 123 Å². The zero-order chi connectivity index (χ0) is 14.7. The Morgan fingerprint density at radius 2 is 2.14 bits per heavy atom. The first-order valence-corrected chi connectivity index (χ1v) is 6.87. The van der Waals surface area contributed by atoms with Gasteiger partial charge in [-0.1, -0.05) is 24.3 Å². The summed E-state index contributed by atoms with van der Waals surface area (Å²) in [7, 11) is 1.60. The van der Waals surface area contributed by atoms with Gasteiger partial charge in [-0.05, 0) is 23.8 Å². The highest BCUT2D eigenvalue weighted by atomic mass is 16.5. The number of anilines is 1. The first kappa shape index (κ1) is 13.3. The Kier molecular flexibility index (Phi) is 3.65. The van der Waals surface area contributed by atoms with Gasteiger partial charge >= 0.3 is 0 Å². The summed E-state index contributed by atoms with van der Waals surface area (Å²) >= 11 is 0. The van der Waals surface area contributed by atoms with Crippen molar-refractivity contribution in [1.82, 2.24) is 0 Å². The van der Waals surface area contributed by atoms with E-state index in [0.717, 1.165) is 17.9 Å². The van der Waals surface area contributed by atoms with Crippen molar-refractivity contribution in [3.63, 3.8) is 0 Å². The van der Waals surface area contributed by atoms with Crippen molar-refractivity contribution in [2.45, 2.75) is 12.5 Å². The number of fused-ring (bicyclic) bond motifs is 1. The third kappa shape index (κ3) is 2.63. The summed E-state index contributed by atoms with van der Waals surface area (Å²) < 4.78 is 11.2. The van der Waals surface area contributed by atoms with E-state index < -0.39 is 0 Å². The van der Waals surface area contributed by atoms with Crippen molar-refractivity contribution in [3.8, 4) is 17.6 Å². The number of hydrogen-bond acceptors (Lipinski definition) is 4. The SMILES string of the molecule is COc1cccc(C#N)c1NCC1Cc2ccccc2O1. The number of para-hydroxylation sites is 2. The highest BCUT2D eigenvalue weighted by molar-refractivity contribution is 5.66. The molecule has 4 heteroatoms. The summed E-state index contributed by atoms with van der Waals surface area (Å²) in [4.78, 5) is 0. The van der Waals surface area contributed by atoms with Crippen LogP contribution in [0.1, 0.15) is 11.1 Å². The lowest BCUT2D eigenvalue weighted by molar-refractivity contribution is 0.246. The van der Waals surface area contributed by atoms with Crippen LogP contribution in [0.5, 0.6) is 11.5 Å². The topological polar surface area (TPSA) is 54.3 Å². The Morgan fingerprint density at radius 1 is 1.29 bits per heavy atom. The van der Waals surface area contributed by atoms with Gasteiger partial charge < -0.3 is 14.8 Å². The average Bonchev–Trinajstić information content (AvgIpc) is 2.95. The fraction of sp³-hybridized carbons (Fsp3) is 0.235. The number of methoxy groups -OCH3 is 1. The monoisotopic (exact) mass is 280 g/mol. The molecule has 1 aliphatic rings. The first-order chi connectivity index (χ1) is 10.3. The van der Waals surface area contributed by atoms with Gasteiger partial charge in [0.1, 0.15) is 23.7 Å². The highest BCUT2D eigenvalue weighted by Crippen LogP contribution is 2.30. The molecule has 2 aromatic carbocycles. The van der Waals surface area contributed by atoms with E-state index in [-0.39, 0.29) is 6.10 Å². The van der Waals surface area contributed by atoms with Crippen molar-refractivity contribution in [3.05, 3.63) is 53.6 Å². The van der Waals surface area contributed by atoms with E-state index in [4.69, 9.17) is 9.47 Å². The van der Waals surface area contributed by atoms with Gasteiger partial charge in [0.05, 0.1) is 24.9 Å². The molecule has 0 radical (unpaired) electrons. The standard InChI is InChI=1S/C17H16N2O2/c1-20-16-8-4-6-13(10-18)17(16)19-11-14-9-12-5-2-3-7-15(12)21-14/h2-8,14,19H,9,11H2,1H3. The van der Waals surface area contributed by atoms with Crippen molar-refractivity contribution < 1.29 is 9.47 Å². The van der Waals surface area contributed by atoms with E-state index >= 15 is 0 Å². The predicted molar refractivity (Wildman–Crippen MR) is 80.8 cm³/mol. The molecule has 0 bridgehead atoms. The zero-order valence-corrected chi connectivity index (χ0v) is 11.8. The fourth-order valence-electron chi connectivity index (χ4n) is 2.56. The molecule has 0 fully saturated rings. The molecule has 1 atom stereocenters. The van der Waals surface area contributed by atoms with Crippen LogP contribution in [-0.4, -0.2) is 19.8 Å². The summed E-state index contributed by atoms with van der Waals surface area (Å²) in [5, 5.41) is 12.5. The Hall–Kier alpha value is -2.67. The summed E-state index contributed by atoms with van der Waals surface area (Å²) in [5.74, 6) is 1.62. The molecule has 1 unspecified atom stereocenters. The van der Waals surface area contributed by atoms with Crippen LogP contribution < -0.4 is 14.8 Å². The second-order valence-electron chi connectivity index (χ2n) is 4.93. The normalized spacial score (nSPS) is 15.7. The maximum atomic E-state index is 9.20. The lowest BCUT2D eigenvalue weighted by atomic mass is 10.1. The van der Waals surface area contributed by atoms with Crippen LogP contribution in [0.3, 0.4) is 0 Å². The highest BCUT2D eigenvalue weighted by Gasteiger charge is 2.22. The van der Waals surface area contributed by atoms with Crippen molar-refractivity contribution >= 4 is 5.69 Å². The van der Waals surface area contributed by atoms with Crippen LogP contribution in [0, 0.1) is 11.3 Å². The molecule has 1 heterocycles. The maximum Gasteiger partial charge on any atom is 0.143 e. The molecule has 106 valence electrons. The number of ether oxygens (including phenoxy) is 2. The largest absolute Gasteiger partial charge is 0.495 e. The number of nitrogens with one attached hydrogen (secondary N) is 1. The number of rotatable bonds is 4. The Bertz CT molecular complexity index is 666. The average molecular weight is 280 g/mol. The molecule has 0 saturated carbocycles. The van der Waals surface area contributed by atoms with Crippen LogP contribution in [0.15, 0.2) is 42.5 Å². The first-order valence-electron chi connectivity index (χ1n) is 6.87. The Balaban J connectivity index is 1.71.